The summed E-state index contributed by atoms with van der Waals surface area (Å²) in [5.74, 6) is -0.258. The third kappa shape index (κ3) is 3.84. The van der Waals surface area contributed by atoms with Gasteiger partial charge in [0.15, 0.2) is 0 Å². The predicted octanol–water partition coefficient (Wildman–Crippen LogP) is 3.63. The lowest BCUT2D eigenvalue weighted by Crippen LogP contribution is -2.48. The second-order valence-electron chi connectivity index (χ2n) is 8.56. The molecule has 1 fully saturated rings. The number of likely N-dealkylation sites (tertiary alicyclic amines) is 1. The topological polar surface area (TPSA) is 116 Å². The fourth-order valence-corrected chi connectivity index (χ4v) is 4.36. The van der Waals surface area contributed by atoms with Crippen molar-refractivity contribution in [1.29, 1.82) is 0 Å². The van der Waals surface area contributed by atoms with Crippen LogP contribution in [-0.4, -0.2) is 48.9 Å². The van der Waals surface area contributed by atoms with E-state index in [9.17, 15) is 13.6 Å². The Morgan fingerprint density at radius 3 is 2.67 bits per heavy atom. The van der Waals surface area contributed by atoms with E-state index in [0.29, 0.717) is 40.8 Å². The fraction of sp³-hybridized carbons (Fsp3) is 0.160. The SMILES string of the molecule is Nc1cc(C(=O)N2CC(c3nn(Cc4nnc(-c5ccc(F)cc5)o4)c4cccc(F)c34)C2)ccn1. The van der Waals surface area contributed by atoms with Gasteiger partial charge in [-0.2, -0.15) is 5.10 Å². The molecule has 9 nitrogen and oxygen atoms in total. The van der Waals surface area contributed by atoms with Gasteiger partial charge in [-0.25, -0.2) is 13.8 Å². The van der Waals surface area contributed by atoms with E-state index in [2.05, 4.69) is 20.3 Å². The largest absolute Gasteiger partial charge is 0.419 e. The number of anilines is 1. The van der Waals surface area contributed by atoms with Gasteiger partial charge in [-0.1, -0.05) is 6.07 Å². The van der Waals surface area contributed by atoms with Crippen molar-refractivity contribution < 1.29 is 18.0 Å². The van der Waals surface area contributed by atoms with E-state index in [-0.39, 0.29) is 41.8 Å². The van der Waals surface area contributed by atoms with Crippen molar-refractivity contribution in [1.82, 2.24) is 29.9 Å². The Kier molecular flexibility index (Phi) is 5.17. The Bertz CT molecular complexity index is 1590. The predicted molar refractivity (Wildman–Crippen MR) is 126 cm³/mol. The van der Waals surface area contributed by atoms with Crippen LogP contribution in [0.3, 0.4) is 0 Å². The Morgan fingerprint density at radius 2 is 1.89 bits per heavy atom. The number of aromatic nitrogens is 5. The highest BCUT2D eigenvalue weighted by Crippen LogP contribution is 2.34. The van der Waals surface area contributed by atoms with Crippen LogP contribution in [-0.2, 0) is 6.54 Å². The van der Waals surface area contributed by atoms with E-state index in [1.54, 1.807) is 39.9 Å². The van der Waals surface area contributed by atoms with Gasteiger partial charge in [0.2, 0.25) is 11.8 Å². The maximum atomic E-state index is 14.9. The van der Waals surface area contributed by atoms with Gasteiger partial charge in [-0.3, -0.25) is 9.48 Å². The molecule has 0 saturated carbocycles. The lowest BCUT2D eigenvalue weighted by atomic mass is 9.93. The van der Waals surface area contributed by atoms with Crippen molar-refractivity contribution in [2.75, 3.05) is 18.8 Å². The summed E-state index contributed by atoms with van der Waals surface area (Å²) in [6.07, 6.45) is 1.49. The van der Waals surface area contributed by atoms with Gasteiger partial charge in [0.25, 0.3) is 5.91 Å². The molecule has 180 valence electrons. The molecule has 0 aliphatic carbocycles. The summed E-state index contributed by atoms with van der Waals surface area (Å²) in [6, 6.07) is 13.6. The lowest BCUT2D eigenvalue weighted by Gasteiger charge is -2.38. The molecule has 1 saturated heterocycles. The van der Waals surface area contributed by atoms with Gasteiger partial charge in [-0.05, 0) is 48.5 Å². The third-order valence-corrected chi connectivity index (χ3v) is 6.18. The van der Waals surface area contributed by atoms with E-state index in [1.165, 1.54) is 30.5 Å². The first-order valence-corrected chi connectivity index (χ1v) is 11.2. The quantitative estimate of drug-likeness (QED) is 0.402. The van der Waals surface area contributed by atoms with Crippen molar-refractivity contribution >= 4 is 22.6 Å². The number of benzene rings is 2. The molecule has 1 aliphatic heterocycles. The molecule has 2 N–H and O–H groups in total. The molecule has 0 bridgehead atoms. The minimum atomic E-state index is -0.391. The number of carbonyl (C=O) groups excluding carboxylic acids is 1. The number of carbonyl (C=O) groups is 1. The van der Waals surface area contributed by atoms with Crippen molar-refractivity contribution in [3.05, 3.63) is 89.6 Å². The maximum absolute atomic E-state index is 14.9. The minimum Gasteiger partial charge on any atom is -0.419 e. The monoisotopic (exact) mass is 487 g/mol. The van der Waals surface area contributed by atoms with E-state index < -0.39 is 5.82 Å². The highest BCUT2D eigenvalue weighted by molar-refractivity contribution is 5.95. The van der Waals surface area contributed by atoms with E-state index in [0.717, 1.165) is 0 Å². The van der Waals surface area contributed by atoms with Crippen molar-refractivity contribution in [3.8, 4) is 11.5 Å². The highest BCUT2D eigenvalue weighted by atomic mass is 19.1. The van der Waals surface area contributed by atoms with Crippen LogP contribution in [0.25, 0.3) is 22.4 Å². The average Bonchev–Trinajstić information content (AvgIpc) is 3.45. The number of amides is 1. The summed E-state index contributed by atoms with van der Waals surface area (Å²) in [7, 11) is 0. The Hall–Kier alpha value is -4.67. The van der Waals surface area contributed by atoms with Crippen LogP contribution in [0.5, 0.6) is 0 Å². The molecule has 1 aliphatic rings. The molecule has 36 heavy (non-hydrogen) atoms. The first-order valence-electron chi connectivity index (χ1n) is 11.2. The number of nitrogens with two attached hydrogens (primary N) is 1. The molecule has 6 rings (SSSR count). The Morgan fingerprint density at radius 1 is 1.08 bits per heavy atom. The number of pyridine rings is 1. The molecule has 0 unspecified atom stereocenters. The van der Waals surface area contributed by atoms with Gasteiger partial charge in [0.1, 0.15) is 24.0 Å². The molecule has 2 aromatic carbocycles. The first kappa shape index (κ1) is 21.8. The number of nitrogens with zero attached hydrogens (tertiary/aromatic N) is 6. The second kappa shape index (κ2) is 8.52. The molecular formula is C25H19F2N7O2. The average molecular weight is 487 g/mol. The van der Waals surface area contributed by atoms with Crippen LogP contribution < -0.4 is 5.73 Å². The normalized spacial score (nSPS) is 13.8. The van der Waals surface area contributed by atoms with Crippen LogP contribution in [0, 0.1) is 11.6 Å². The summed E-state index contributed by atoms with van der Waals surface area (Å²) >= 11 is 0. The molecule has 0 atom stereocenters. The maximum Gasteiger partial charge on any atom is 0.254 e. The lowest BCUT2D eigenvalue weighted by molar-refractivity contribution is 0.0599. The van der Waals surface area contributed by atoms with Gasteiger partial charge < -0.3 is 15.1 Å². The zero-order valence-corrected chi connectivity index (χ0v) is 18.8. The molecule has 11 heteroatoms. The summed E-state index contributed by atoms with van der Waals surface area (Å²) in [5.41, 5.74) is 7.88. The number of rotatable bonds is 5. The van der Waals surface area contributed by atoms with Crippen LogP contribution in [0.15, 0.2) is 65.2 Å². The van der Waals surface area contributed by atoms with Gasteiger partial charge >= 0.3 is 0 Å². The molecule has 1 amide bonds. The molecule has 3 aromatic heterocycles. The van der Waals surface area contributed by atoms with Crippen LogP contribution in [0.1, 0.15) is 27.9 Å². The van der Waals surface area contributed by atoms with E-state index >= 15 is 0 Å². The summed E-state index contributed by atoms with van der Waals surface area (Å²) in [4.78, 5) is 18.3. The minimum absolute atomic E-state index is 0.125. The molecule has 0 spiro atoms. The van der Waals surface area contributed by atoms with E-state index in [4.69, 9.17) is 10.2 Å². The highest BCUT2D eigenvalue weighted by Gasteiger charge is 2.36. The molecule has 4 heterocycles. The number of fused-ring (bicyclic) bond motifs is 1. The van der Waals surface area contributed by atoms with Gasteiger partial charge in [-0.15, -0.1) is 10.2 Å². The van der Waals surface area contributed by atoms with Gasteiger partial charge in [0, 0.05) is 36.3 Å². The third-order valence-electron chi connectivity index (χ3n) is 6.18. The fourth-order valence-electron chi connectivity index (χ4n) is 4.36. The summed E-state index contributed by atoms with van der Waals surface area (Å²) < 4.78 is 35.5. The standard InChI is InChI=1S/C25H19F2N7O2/c26-17-6-4-14(5-7-17)24-31-30-21(36-24)13-34-19-3-1-2-18(27)22(19)23(32-34)16-11-33(12-16)25(35)15-8-9-29-20(28)10-15/h1-10,16H,11-13H2,(H2,28,29). The summed E-state index contributed by atoms with van der Waals surface area (Å²) in [6.45, 7) is 0.924. The van der Waals surface area contributed by atoms with Crippen LogP contribution in [0.2, 0.25) is 0 Å². The van der Waals surface area contributed by atoms with E-state index in [1.807, 2.05) is 0 Å². The zero-order chi connectivity index (χ0) is 24.8. The second-order valence-corrected chi connectivity index (χ2v) is 8.56. The van der Waals surface area contributed by atoms with Crippen LogP contribution in [0.4, 0.5) is 14.6 Å². The number of halogens is 2. The Labute approximate surface area is 203 Å². The van der Waals surface area contributed by atoms with Crippen molar-refractivity contribution in [3.63, 3.8) is 0 Å². The van der Waals surface area contributed by atoms with Gasteiger partial charge in [0.05, 0.1) is 16.6 Å². The van der Waals surface area contributed by atoms with Crippen LogP contribution >= 0.6 is 0 Å². The van der Waals surface area contributed by atoms with Crippen molar-refractivity contribution in [2.24, 2.45) is 0 Å². The summed E-state index contributed by atoms with van der Waals surface area (Å²) in [5, 5.41) is 13.2. The zero-order valence-electron chi connectivity index (χ0n) is 18.8. The molecule has 0 radical (unpaired) electrons. The van der Waals surface area contributed by atoms with Crippen molar-refractivity contribution in [2.45, 2.75) is 12.5 Å². The number of nitrogen functional groups attached to an aromatic ring is 1. The molecular weight excluding hydrogens is 468 g/mol. The smallest absolute Gasteiger partial charge is 0.254 e. The number of hydrogen-bond donors (Lipinski definition) is 1. The Balaban J connectivity index is 1.25. The first-order chi connectivity index (χ1) is 17.5. The molecule has 5 aromatic rings. The number of hydrogen-bond acceptors (Lipinski definition) is 7.